The van der Waals surface area contributed by atoms with Gasteiger partial charge >= 0.3 is 0 Å². The molecular weight excluding hydrogens is 330 g/mol. The summed E-state index contributed by atoms with van der Waals surface area (Å²) in [5.74, 6) is 1.37. The van der Waals surface area contributed by atoms with Crippen molar-refractivity contribution in [2.45, 2.75) is 20.3 Å². The zero-order valence-electron chi connectivity index (χ0n) is 11.9. The first-order chi connectivity index (χ1) is 10.2. The summed E-state index contributed by atoms with van der Waals surface area (Å²) >= 11 is 3.50. The minimum atomic E-state index is 0.617. The summed E-state index contributed by atoms with van der Waals surface area (Å²) in [6.07, 6.45) is 2.50. The number of hydrogen-bond acceptors (Lipinski definition) is 5. The lowest BCUT2D eigenvalue weighted by Gasteiger charge is -2.13. The molecule has 1 aromatic carbocycles. The van der Waals surface area contributed by atoms with E-state index in [1.165, 1.54) is 6.33 Å². The van der Waals surface area contributed by atoms with Gasteiger partial charge in [0.05, 0.1) is 11.3 Å². The zero-order chi connectivity index (χ0) is 15.2. The fourth-order valence-electron chi connectivity index (χ4n) is 1.87. The summed E-state index contributed by atoms with van der Waals surface area (Å²) in [5, 5.41) is 15.7. The van der Waals surface area contributed by atoms with Gasteiger partial charge in [0.25, 0.3) is 0 Å². The highest BCUT2D eigenvalue weighted by Gasteiger charge is 2.11. The molecule has 0 spiro atoms. The molecule has 0 unspecified atom stereocenters. The van der Waals surface area contributed by atoms with Crippen LogP contribution in [0.25, 0.3) is 0 Å². The second-order valence-corrected chi connectivity index (χ2v) is 5.34. The number of benzene rings is 1. The van der Waals surface area contributed by atoms with Gasteiger partial charge in [-0.1, -0.05) is 19.1 Å². The molecule has 2 aromatic rings. The van der Waals surface area contributed by atoms with Gasteiger partial charge in [0, 0.05) is 6.54 Å². The molecule has 2 rings (SSSR count). The fraction of sp³-hybridized carbons (Fsp3) is 0.267. The fourth-order valence-corrected chi connectivity index (χ4v) is 2.32. The van der Waals surface area contributed by atoms with E-state index in [1.54, 1.807) is 0 Å². The monoisotopic (exact) mass is 345 g/mol. The summed E-state index contributed by atoms with van der Waals surface area (Å²) in [6, 6.07) is 7.89. The number of halogens is 1. The Morgan fingerprint density at radius 2 is 2.05 bits per heavy atom. The normalized spacial score (nSPS) is 10.0. The molecule has 0 fully saturated rings. The molecule has 1 heterocycles. The van der Waals surface area contributed by atoms with E-state index in [1.807, 2.05) is 25.1 Å². The third-order valence-electron chi connectivity index (χ3n) is 2.97. The van der Waals surface area contributed by atoms with E-state index in [0.29, 0.717) is 11.4 Å². The summed E-state index contributed by atoms with van der Waals surface area (Å²) in [5.41, 5.74) is 2.28. The van der Waals surface area contributed by atoms with Gasteiger partial charge < -0.3 is 10.6 Å². The Labute approximate surface area is 132 Å². The number of rotatable bonds is 5. The number of hydrogen-bond donors (Lipinski definition) is 2. The molecule has 0 amide bonds. The lowest BCUT2D eigenvalue weighted by Crippen LogP contribution is -2.06. The molecule has 0 saturated carbocycles. The van der Waals surface area contributed by atoms with E-state index >= 15 is 0 Å². The van der Waals surface area contributed by atoms with Crippen molar-refractivity contribution in [2.75, 3.05) is 17.2 Å². The highest BCUT2D eigenvalue weighted by atomic mass is 79.9. The maximum atomic E-state index is 9.27. The van der Waals surface area contributed by atoms with Gasteiger partial charge in [0.2, 0.25) is 0 Å². The van der Waals surface area contributed by atoms with Crippen LogP contribution < -0.4 is 10.6 Å². The van der Waals surface area contributed by atoms with Crippen molar-refractivity contribution in [1.82, 2.24) is 9.97 Å². The third kappa shape index (κ3) is 3.50. The molecule has 0 radical (unpaired) electrons. The van der Waals surface area contributed by atoms with Crippen LogP contribution in [-0.2, 0) is 0 Å². The number of anilines is 3. The van der Waals surface area contributed by atoms with Crippen LogP contribution in [0.2, 0.25) is 0 Å². The van der Waals surface area contributed by atoms with Crippen molar-refractivity contribution in [3.8, 4) is 6.07 Å². The molecule has 108 valence electrons. The molecule has 0 aliphatic carbocycles. The van der Waals surface area contributed by atoms with Gasteiger partial charge in [-0.2, -0.15) is 5.26 Å². The van der Waals surface area contributed by atoms with Crippen LogP contribution >= 0.6 is 15.9 Å². The summed E-state index contributed by atoms with van der Waals surface area (Å²) < 4.78 is 0.754. The van der Waals surface area contributed by atoms with Gasteiger partial charge in [0.15, 0.2) is 0 Å². The molecule has 5 nitrogen and oxygen atoms in total. The van der Waals surface area contributed by atoms with Crippen molar-refractivity contribution in [3.05, 3.63) is 40.1 Å². The highest BCUT2D eigenvalue weighted by Crippen LogP contribution is 2.30. The van der Waals surface area contributed by atoms with E-state index < -0.39 is 0 Å². The Morgan fingerprint density at radius 1 is 1.29 bits per heavy atom. The molecule has 21 heavy (non-hydrogen) atoms. The average molecular weight is 346 g/mol. The Bertz CT molecular complexity index is 678. The summed E-state index contributed by atoms with van der Waals surface area (Å²) in [7, 11) is 0. The second kappa shape index (κ2) is 7.04. The molecule has 0 atom stereocenters. The number of nitrogens with zero attached hydrogens (tertiary/aromatic N) is 3. The molecule has 6 heteroatoms. The molecule has 0 bridgehead atoms. The van der Waals surface area contributed by atoms with E-state index in [0.717, 1.165) is 34.5 Å². The quantitative estimate of drug-likeness (QED) is 0.857. The number of nitrogens with one attached hydrogen (secondary N) is 2. The minimum absolute atomic E-state index is 0.617. The largest absolute Gasteiger partial charge is 0.369 e. The summed E-state index contributed by atoms with van der Waals surface area (Å²) in [4.78, 5) is 8.43. The van der Waals surface area contributed by atoms with Gasteiger partial charge in [-0.05, 0) is 40.9 Å². The van der Waals surface area contributed by atoms with E-state index in [9.17, 15) is 5.26 Å². The minimum Gasteiger partial charge on any atom is -0.369 e. The first-order valence-corrected chi connectivity index (χ1v) is 7.47. The van der Waals surface area contributed by atoms with E-state index in [2.05, 4.69) is 49.5 Å². The van der Waals surface area contributed by atoms with Gasteiger partial charge in [0.1, 0.15) is 28.5 Å². The Balaban J connectivity index is 2.33. The average Bonchev–Trinajstić information content (AvgIpc) is 2.48. The SMILES string of the molecule is CCCNc1ncnc(Nc2cccc(C)c2C#N)c1Br. The highest BCUT2D eigenvalue weighted by molar-refractivity contribution is 9.10. The van der Waals surface area contributed by atoms with Crippen molar-refractivity contribution in [1.29, 1.82) is 5.26 Å². The van der Waals surface area contributed by atoms with Crippen LogP contribution in [0.4, 0.5) is 17.3 Å². The molecule has 1 aromatic heterocycles. The maximum Gasteiger partial charge on any atom is 0.150 e. The van der Waals surface area contributed by atoms with Crippen molar-refractivity contribution in [2.24, 2.45) is 0 Å². The number of aryl methyl sites for hydroxylation is 1. The molecular formula is C15H16BrN5. The molecule has 0 saturated heterocycles. The third-order valence-corrected chi connectivity index (χ3v) is 3.72. The predicted octanol–water partition coefficient (Wildman–Crippen LogP) is 3.98. The van der Waals surface area contributed by atoms with Gasteiger partial charge in [-0.15, -0.1) is 0 Å². The predicted molar refractivity (Wildman–Crippen MR) is 87.7 cm³/mol. The van der Waals surface area contributed by atoms with Crippen molar-refractivity contribution in [3.63, 3.8) is 0 Å². The van der Waals surface area contributed by atoms with Crippen LogP contribution in [-0.4, -0.2) is 16.5 Å². The standard InChI is InChI=1S/C15H16BrN5/c1-3-7-18-14-13(16)15(20-9-19-14)21-12-6-4-5-10(2)11(12)8-17/h4-6,9H,3,7H2,1-2H3,(H2,18,19,20,21). The van der Waals surface area contributed by atoms with Gasteiger partial charge in [-0.25, -0.2) is 9.97 Å². The van der Waals surface area contributed by atoms with Crippen molar-refractivity contribution >= 4 is 33.3 Å². The molecule has 2 N–H and O–H groups in total. The van der Waals surface area contributed by atoms with E-state index in [4.69, 9.17) is 0 Å². The Morgan fingerprint density at radius 3 is 2.76 bits per heavy atom. The van der Waals surface area contributed by atoms with Crippen LogP contribution in [0.1, 0.15) is 24.5 Å². The number of nitriles is 1. The number of aromatic nitrogens is 2. The second-order valence-electron chi connectivity index (χ2n) is 4.55. The van der Waals surface area contributed by atoms with Crippen LogP contribution in [0.5, 0.6) is 0 Å². The molecule has 0 aliphatic heterocycles. The van der Waals surface area contributed by atoms with Crippen molar-refractivity contribution < 1.29 is 0 Å². The lowest BCUT2D eigenvalue weighted by molar-refractivity contribution is 0.962. The first-order valence-electron chi connectivity index (χ1n) is 6.68. The Hall–Kier alpha value is -2.13. The zero-order valence-corrected chi connectivity index (χ0v) is 13.5. The van der Waals surface area contributed by atoms with E-state index in [-0.39, 0.29) is 0 Å². The molecule has 0 aliphatic rings. The van der Waals surface area contributed by atoms with Crippen LogP contribution in [0.3, 0.4) is 0 Å². The van der Waals surface area contributed by atoms with Crippen LogP contribution in [0.15, 0.2) is 29.0 Å². The smallest absolute Gasteiger partial charge is 0.150 e. The Kier molecular flexibility index (Phi) is 5.12. The lowest BCUT2D eigenvalue weighted by atomic mass is 10.1. The van der Waals surface area contributed by atoms with Crippen LogP contribution in [0, 0.1) is 18.3 Å². The van der Waals surface area contributed by atoms with Gasteiger partial charge in [-0.3, -0.25) is 0 Å². The first kappa shape index (κ1) is 15.3. The maximum absolute atomic E-state index is 9.27. The topological polar surface area (TPSA) is 73.6 Å². The summed E-state index contributed by atoms with van der Waals surface area (Å²) in [6.45, 7) is 4.84.